The molecule has 2 aliphatic rings. The molecule has 0 spiro atoms. The van der Waals surface area contributed by atoms with Crippen LogP contribution in [0.4, 0.5) is 18.9 Å². The van der Waals surface area contributed by atoms with Crippen LogP contribution in [0.5, 0.6) is 0 Å². The minimum atomic E-state index is -4.35. The fraction of sp³-hybridized carbons (Fsp3) is 0.421. The number of anilines is 1. The lowest BCUT2D eigenvalue weighted by atomic mass is 10.1. The number of likely N-dealkylation sites (tertiary alicyclic amines) is 1. The predicted molar refractivity (Wildman–Crippen MR) is 98.7 cm³/mol. The Balaban J connectivity index is 1.51. The van der Waals surface area contributed by atoms with E-state index in [1.807, 2.05) is 19.1 Å². The molecule has 9 heteroatoms. The first-order chi connectivity index (χ1) is 13.3. The van der Waals surface area contributed by atoms with Gasteiger partial charge in [-0.3, -0.25) is 14.6 Å². The molecule has 3 unspecified atom stereocenters. The van der Waals surface area contributed by atoms with Crippen LogP contribution in [0.15, 0.2) is 30.5 Å². The van der Waals surface area contributed by atoms with Gasteiger partial charge in [-0.1, -0.05) is 0 Å². The number of fused-ring (bicyclic) bond motifs is 1. The van der Waals surface area contributed by atoms with Crippen LogP contribution in [-0.4, -0.2) is 40.5 Å². The van der Waals surface area contributed by atoms with E-state index in [9.17, 15) is 22.8 Å². The largest absolute Gasteiger partial charge is 0.394 e. The molecule has 2 fully saturated rings. The van der Waals surface area contributed by atoms with E-state index in [0.29, 0.717) is 24.2 Å². The standard InChI is InChI=1S/C19H18F3N3O2S/c1-10-6-7-13(28-10)15-12(5-2-8-23-15)24-17(26)18(27)25-9-3-4-11-14(16(11)25)19(20,21)22/h2,5-8,11,14,16H,3-4,9H2,1H3,(H,24,26). The Kier molecular flexibility index (Phi) is 4.65. The quantitative estimate of drug-likeness (QED) is 0.767. The second-order valence-electron chi connectivity index (χ2n) is 7.13. The predicted octanol–water partition coefficient (Wildman–Crippen LogP) is 3.86. The number of halogens is 3. The Bertz CT molecular complexity index is 927. The molecule has 3 heterocycles. The first-order valence-electron chi connectivity index (χ1n) is 8.98. The van der Waals surface area contributed by atoms with E-state index in [1.165, 1.54) is 11.3 Å². The number of carbonyl (C=O) groups excluding carboxylic acids is 2. The summed E-state index contributed by atoms with van der Waals surface area (Å²) >= 11 is 1.49. The molecule has 0 bridgehead atoms. The zero-order valence-electron chi connectivity index (χ0n) is 15.0. The number of nitrogens with zero attached hydrogens (tertiary/aromatic N) is 2. The summed E-state index contributed by atoms with van der Waals surface area (Å²) in [5, 5.41) is 2.54. The van der Waals surface area contributed by atoms with Crippen molar-refractivity contribution in [3.8, 4) is 10.6 Å². The van der Waals surface area contributed by atoms with E-state index in [4.69, 9.17) is 0 Å². The lowest BCUT2D eigenvalue weighted by Gasteiger charge is -2.26. The van der Waals surface area contributed by atoms with Crippen molar-refractivity contribution >= 4 is 28.8 Å². The molecule has 148 valence electrons. The maximum absolute atomic E-state index is 13.1. The molecule has 0 radical (unpaired) electrons. The van der Waals surface area contributed by atoms with Gasteiger partial charge in [-0.25, -0.2) is 0 Å². The molecule has 1 aliphatic carbocycles. The van der Waals surface area contributed by atoms with Crippen LogP contribution in [0.25, 0.3) is 10.6 Å². The average Bonchev–Trinajstić information content (AvgIpc) is 3.27. The second kappa shape index (κ2) is 6.88. The smallest absolute Gasteiger partial charge is 0.331 e. The number of pyridine rings is 1. The van der Waals surface area contributed by atoms with Crippen molar-refractivity contribution < 1.29 is 22.8 Å². The maximum atomic E-state index is 13.1. The minimum absolute atomic E-state index is 0.171. The SMILES string of the molecule is Cc1ccc(-c2ncccc2NC(=O)C(=O)N2CCCC3C2C3C(F)(F)F)s1. The summed E-state index contributed by atoms with van der Waals surface area (Å²) in [5.74, 6) is -3.96. The Morgan fingerprint density at radius 3 is 2.75 bits per heavy atom. The Hall–Kier alpha value is -2.42. The van der Waals surface area contributed by atoms with Gasteiger partial charge in [0.1, 0.15) is 5.69 Å². The van der Waals surface area contributed by atoms with E-state index >= 15 is 0 Å². The Morgan fingerprint density at radius 1 is 1.29 bits per heavy atom. The fourth-order valence-electron chi connectivity index (χ4n) is 4.02. The number of thiophene rings is 1. The second-order valence-corrected chi connectivity index (χ2v) is 8.41. The summed E-state index contributed by atoms with van der Waals surface area (Å²) in [6, 6.07) is 6.12. The molecule has 2 amide bonds. The molecular formula is C19H18F3N3O2S. The summed E-state index contributed by atoms with van der Waals surface area (Å²) in [6.45, 7) is 2.11. The lowest BCUT2D eigenvalue weighted by molar-refractivity contribution is -0.157. The summed E-state index contributed by atoms with van der Waals surface area (Å²) in [6.07, 6.45) is -1.86. The third-order valence-electron chi connectivity index (χ3n) is 5.29. The van der Waals surface area contributed by atoms with Gasteiger partial charge in [0.25, 0.3) is 0 Å². The van der Waals surface area contributed by atoms with Gasteiger partial charge in [0.15, 0.2) is 0 Å². The van der Waals surface area contributed by atoms with Crippen molar-refractivity contribution in [2.75, 3.05) is 11.9 Å². The number of alkyl halides is 3. The number of nitrogens with one attached hydrogen (secondary N) is 1. The van der Waals surface area contributed by atoms with Crippen LogP contribution in [-0.2, 0) is 9.59 Å². The van der Waals surface area contributed by atoms with E-state index in [2.05, 4.69) is 10.3 Å². The van der Waals surface area contributed by atoms with Gasteiger partial charge < -0.3 is 10.2 Å². The highest BCUT2D eigenvalue weighted by molar-refractivity contribution is 7.15. The Morgan fingerprint density at radius 2 is 2.07 bits per heavy atom. The van der Waals surface area contributed by atoms with Gasteiger partial charge >= 0.3 is 18.0 Å². The molecule has 1 N–H and O–H groups in total. The van der Waals surface area contributed by atoms with Crippen molar-refractivity contribution in [1.82, 2.24) is 9.88 Å². The number of hydrogen-bond acceptors (Lipinski definition) is 4. The highest BCUT2D eigenvalue weighted by atomic mass is 32.1. The van der Waals surface area contributed by atoms with Gasteiger partial charge in [-0.2, -0.15) is 13.2 Å². The van der Waals surface area contributed by atoms with Gasteiger partial charge in [0, 0.05) is 23.7 Å². The summed E-state index contributed by atoms with van der Waals surface area (Å²) in [7, 11) is 0. The first-order valence-corrected chi connectivity index (χ1v) is 9.79. The van der Waals surface area contributed by atoms with Crippen molar-refractivity contribution in [3.05, 3.63) is 35.3 Å². The molecule has 1 aliphatic heterocycles. The van der Waals surface area contributed by atoms with Crippen molar-refractivity contribution in [1.29, 1.82) is 0 Å². The number of aromatic nitrogens is 1. The topological polar surface area (TPSA) is 62.3 Å². The Labute approximate surface area is 163 Å². The zero-order chi connectivity index (χ0) is 20.1. The van der Waals surface area contributed by atoms with Crippen LogP contribution in [0.2, 0.25) is 0 Å². The van der Waals surface area contributed by atoms with Crippen molar-refractivity contribution in [2.45, 2.75) is 32.0 Å². The first kappa shape index (κ1) is 18.9. The monoisotopic (exact) mass is 409 g/mol. The van der Waals surface area contributed by atoms with Crippen LogP contribution in [0.1, 0.15) is 17.7 Å². The van der Waals surface area contributed by atoms with Gasteiger partial charge in [-0.05, 0) is 49.9 Å². The molecule has 3 atom stereocenters. The molecule has 1 saturated heterocycles. The van der Waals surface area contributed by atoms with Crippen LogP contribution >= 0.6 is 11.3 Å². The summed E-state index contributed by atoms with van der Waals surface area (Å²) in [4.78, 5) is 32.4. The maximum Gasteiger partial charge on any atom is 0.394 e. The molecule has 28 heavy (non-hydrogen) atoms. The summed E-state index contributed by atoms with van der Waals surface area (Å²) < 4.78 is 39.4. The number of piperidine rings is 1. The number of carbonyl (C=O) groups is 2. The van der Waals surface area contributed by atoms with E-state index < -0.39 is 35.9 Å². The minimum Gasteiger partial charge on any atom is -0.331 e. The van der Waals surface area contributed by atoms with Crippen LogP contribution in [0.3, 0.4) is 0 Å². The van der Waals surface area contributed by atoms with Gasteiger partial charge in [-0.15, -0.1) is 11.3 Å². The van der Waals surface area contributed by atoms with E-state index in [-0.39, 0.29) is 6.54 Å². The molecular weight excluding hydrogens is 391 g/mol. The fourth-order valence-corrected chi connectivity index (χ4v) is 4.90. The number of rotatable bonds is 2. The van der Waals surface area contributed by atoms with Gasteiger partial charge in [0.2, 0.25) is 0 Å². The number of amides is 2. The number of hydrogen-bond donors (Lipinski definition) is 1. The van der Waals surface area contributed by atoms with E-state index in [1.54, 1.807) is 18.3 Å². The lowest BCUT2D eigenvalue weighted by Crippen LogP contribution is -2.44. The zero-order valence-corrected chi connectivity index (χ0v) is 15.8. The molecule has 1 saturated carbocycles. The van der Waals surface area contributed by atoms with Crippen LogP contribution < -0.4 is 5.32 Å². The highest BCUT2D eigenvalue weighted by Crippen LogP contribution is 2.57. The molecule has 0 aromatic carbocycles. The van der Waals surface area contributed by atoms with Gasteiger partial charge in [0.05, 0.1) is 16.5 Å². The molecule has 5 nitrogen and oxygen atoms in total. The molecule has 2 aromatic rings. The normalized spacial score (nSPS) is 23.9. The van der Waals surface area contributed by atoms with Crippen LogP contribution in [0, 0.1) is 18.8 Å². The van der Waals surface area contributed by atoms with E-state index in [0.717, 1.165) is 14.7 Å². The van der Waals surface area contributed by atoms with Crippen molar-refractivity contribution in [2.24, 2.45) is 11.8 Å². The third-order valence-corrected chi connectivity index (χ3v) is 6.29. The number of aryl methyl sites for hydroxylation is 1. The summed E-state index contributed by atoms with van der Waals surface area (Å²) in [5.41, 5.74) is 0.886. The average molecular weight is 409 g/mol. The molecule has 2 aromatic heterocycles. The highest BCUT2D eigenvalue weighted by Gasteiger charge is 2.68. The molecule has 4 rings (SSSR count). The van der Waals surface area contributed by atoms with Crippen molar-refractivity contribution in [3.63, 3.8) is 0 Å². The third kappa shape index (κ3) is 3.39.